The van der Waals surface area contributed by atoms with Crippen LogP contribution in [0.15, 0.2) is 60.9 Å². The number of anilines is 1. The van der Waals surface area contributed by atoms with Gasteiger partial charge in [0.1, 0.15) is 22.9 Å². The first kappa shape index (κ1) is 19.7. The normalized spacial score (nSPS) is 20.5. The number of hydrogen-bond donors (Lipinski definition) is 2. The van der Waals surface area contributed by atoms with Gasteiger partial charge in [-0.2, -0.15) is 0 Å². The Kier molecular flexibility index (Phi) is 4.57. The summed E-state index contributed by atoms with van der Waals surface area (Å²) in [5.41, 5.74) is 8.66. The van der Waals surface area contributed by atoms with Crippen molar-refractivity contribution in [3.63, 3.8) is 0 Å². The minimum absolute atomic E-state index is 0.132. The van der Waals surface area contributed by atoms with Crippen molar-refractivity contribution >= 4 is 28.7 Å². The monoisotopic (exact) mass is 432 g/mol. The van der Waals surface area contributed by atoms with Crippen LogP contribution in [-0.2, 0) is 0 Å². The lowest BCUT2D eigenvalue weighted by Gasteiger charge is -2.40. The third-order valence-electron chi connectivity index (χ3n) is 5.87. The second-order valence-corrected chi connectivity index (χ2v) is 8.75. The number of carbonyl (C=O) groups is 1. The van der Waals surface area contributed by atoms with Crippen LogP contribution in [0.2, 0.25) is 5.02 Å². The van der Waals surface area contributed by atoms with Crippen LogP contribution < -0.4 is 5.73 Å². The molecule has 7 heteroatoms. The molecule has 4 aromatic rings. The van der Waals surface area contributed by atoms with Crippen LogP contribution in [0.5, 0.6) is 0 Å². The van der Waals surface area contributed by atoms with Crippen LogP contribution in [0.3, 0.4) is 0 Å². The summed E-state index contributed by atoms with van der Waals surface area (Å²) in [6.45, 7) is 1.83. The largest absolute Gasteiger partial charge is 0.390 e. The molecular formula is C24H21ClN4O2. The van der Waals surface area contributed by atoms with Gasteiger partial charge in [-0.25, -0.2) is 9.97 Å². The van der Waals surface area contributed by atoms with Gasteiger partial charge in [0.15, 0.2) is 5.78 Å². The average molecular weight is 433 g/mol. The SMILES string of the molecule is C[C@]1(O)C[C@@H](c2nc(-c3ccc(C(=O)c4ccccc4)c(Cl)c3)c3c(N)nccn32)C1. The highest BCUT2D eigenvalue weighted by Crippen LogP contribution is 2.45. The molecule has 0 spiro atoms. The fraction of sp³-hybridized carbons (Fsp3) is 0.208. The molecular weight excluding hydrogens is 412 g/mol. The lowest BCUT2D eigenvalue weighted by atomic mass is 9.72. The molecule has 0 atom stereocenters. The summed E-state index contributed by atoms with van der Waals surface area (Å²) in [5, 5.41) is 10.5. The third kappa shape index (κ3) is 3.38. The average Bonchev–Trinajstić information content (AvgIpc) is 3.13. The number of nitrogens with two attached hydrogens (primary N) is 1. The van der Waals surface area contributed by atoms with E-state index in [1.165, 1.54) is 0 Å². The van der Waals surface area contributed by atoms with Gasteiger partial charge < -0.3 is 10.8 Å². The van der Waals surface area contributed by atoms with Crippen molar-refractivity contribution in [3.05, 3.63) is 82.9 Å². The van der Waals surface area contributed by atoms with Crippen molar-refractivity contribution in [2.45, 2.75) is 31.3 Å². The summed E-state index contributed by atoms with van der Waals surface area (Å²) in [6, 6.07) is 14.3. The highest BCUT2D eigenvalue weighted by molar-refractivity contribution is 6.35. The first-order valence-corrected chi connectivity index (χ1v) is 10.5. The summed E-state index contributed by atoms with van der Waals surface area (Å²) in [6.07, 6.45) is 4.75. The molecule has 5 rings (SSSR count). The van der Waals surface area contributed by atoms with E-state index < -0.39 is 5.60 Å². The number of rotatable bonds is 4. The van der Waals surface area contributed by atoms with Gasteiger partial charge in [0.2, 0.25) is 0 Å². The molecule has 3 N–H and O–H groups in total. The molecule has 2 heterocycles. The van der Waals surface area contributed by atoms with Crippen molar-refractivity contribution in [3.8, 4) is 11.3 Å². The smallest absolute Gasteiger partial charge is 0.194 e. The van der Waals surface area contributed by atoms with Crippen LogP contribution in [0.1, 0.15) is 47.4 Å². The second-order valence-electron chi connectivity index (χ2n) is 8.34. The molecule has 0 amide bonds. The van der Waals surface area contributed by atoms with Crippen molar-refractivity contribution in [2.75, 3.05) is 5.73 Å². The van der Waals surface area contributed by atoms with E-state index >= 15 is 0 Å². The Labute approximate surface area is 184 Å². The summed E-state index contributed by atoms with van der Waals surface area (Å²) in [7, 11) is 0. The quantitative estimate of drug-likeness (QED) is 0.463. The van der Waals surface area contributed by atoms with E-state index in [1.807, 2.05) is 41.8 Å². The maximum absolute atomic E-state index is 12.8. The van der Waals surface area contributed by atoms with Crippen LogP contribution in [0.4, 0.5) is 5.82 Å². The van der Waals surface area contributed by atoms with Crippen molar-refractivity contribution in [1.82, 2.24) is 14.4 Å². The van der Waals surface area contributed by atoms with E-state index in [4.69, 9.17) is 22.3 Å². The van der Waals surface area contributed by atoms with Gasteiger partial charge in [0.25, 0.3) is 0 Å². The number of ketones is 1. The first-order chi connectivity index (χ1) is 14.8. The van der Waals surface area contributed by atoms with E-state index in [0.29, 0.717) is 46.0 Å². The number of nitrogen functional groups attached to an aromatic ring is 1. The molecule has 6 nitrogen and oxygen atoms in total. The molecule has 2 aromatic carbocycles. The molecule has 0 unspecified atom stereocenters. The molecule has 0 aliphatic heterocycles. The highest BCUT2D eigenvalue weighted by atomic mass is 35.5. The fourth-order valence-electron chi connectivity index (χ4n) is 4.35. The first-order valence-electron chi connectivity index (χ1n) is 10.1. The fourth-order valence-corrected chi connectivity index (χ4v) is 4.62. The molecule has 1 aliphatic rings. The van der Waals surface area contributed by atoms with Gasteiger partial charge in [-0.1, -0.05) is 48.0 Å². The van der Waals surface area contributed by atoms with Gasteiger partial charge in [-0.15, -0.1) is 0 Å². The van der Waals surface area contributed by atoms with Crippen LogP contribution in [0, 0.1) is 0 Å². The van der Waals surface area contributed by atoms with Crippen LogP contribution >= 0.6 is 11.6 Å². The van der Waals surface area contributed by atoms with E-state index in [9.17, 15) is 9.90 Å². The van der Waals surface area contributed by atoms with Crippen LogP contribution in [0.25, 0.3) is 16.8 Å². The van der Waals surface area contributed by atoms with E-state index in [0.717, 1.165) is 11.4 Å². The number of carbonyl (C=O) groups excluding carboxylic acids is 1. The van der Waals surface area contributed by atoms with Crippen LogP contribution in [-0.4, -0.2) is 30.9 Å². The number of hydrogen-bond acceptors (Lipinski definition) is 5. The number of aromatic nitrogens is 3. The minimum Gasteiger partial charge on any atom is -0.390 e. The van der Waals surface area contributed by atoms with Gasteiger partial charge in [-0.05, 0) is 31.9 Å². The van der Waals surface area contributed by atoms with Crippen molar-refractivity contribution in [1.29, 1.82) is 0 Å². The number of aliphatic hydroxyl groups is 1. The molecule has 0 bridgehead atoms. The molecule has 156 valence electrons. The van der Waals surface area contributed by atoms with E-state index in [2.05, 4.69) is 4.98 Å². The van der Waals surface area contributed by atoms with Crippen molar-refractivity contribution in [2.24, 2.45) is 0 Å². The Morgan fingerprint density at radius 3 is 2.65 bits per heavy atom. The molecule has 1 aliphatic carbocycles. The Balaban J connectivity index is 1.58. The zero-order valence-corrected chi connectivity index (χ0v) is 17.7. The Morgan fingerprint density at radius 2 is 1.97 bits per heavy atom. The zero-order chi connectivity index (χ0) is 21.8. The summed E-state index contributed by atoms with van der Waals surface area (Å²) in [5.74, 6) is 1.20. The molecule has 2 aromatic heterocycles. The molecule has 1 fully saturated rings. The van der Waals surface area contributed by atoms with Gasteiger partial charge in [0, 0.05) is 35.0 Å². The van der Waals surface area contributed by atoms with Gasteiger partial charge in [-0.3, -0.25) is 9.20 Å². The maximum Gasteiger partial charge on any atom is 0.194 e. The number of benzene rings is 2. The zero-order valence-electron chi connectivity index (χ0n) is 16.9. The minimum atomic E-state index is -0.669. The topological polar surface area (TPSA) is 93.5 Å². The second kappa shape index (κ2) is 7.18. The standard InChI is InChI=1S/C24H21ClN4O2/c1-24(31)12-16(13-24)23-28-19(20-22(26)27-9-10-29(20)23)15-7-8-17(18(25)11-15)21(30)14-5-3-2-4-6-14/h2-11,16,31H,12-13H2,1H3,(H2,26,27)/t16-,24+. The number of fused-ring (bicyclic) bond motifs is 1. The summed E-state index contributed by atoms with van der Waals surface area (Å²) in [4.78, 5) is 21.9. The molecule has 1 saturated carbocycles. The summed E-state index contributed by atoms with van der Waals surface area (Å²) < 4.78 is 1.94. The van der Waals surface area contributed by atoms with Gasteiger partial charge in [0.05, 0.1) is 10.6 Å². The summed E-state index contributed by atoms with van der Waals surface area (Å²) >= 11 is 6.52. The molecule has 31 heavy (non-hydrogen) atoms. The Bertz CT molecular complexity index is 1310. The number of halogens is 1. The Morgan fingerprint density at radius 1 is 1.23 bits per heavy atom. The molecule has 0 radical (unpaired) electrons. The van der Waals surface area contributed by atoms with Gasteiger partial charge >= 0.3 is 0 Å². The van der Waals surface area contributed by atoms with E-state index in [-0.39, 0.29) is 11.7 Å². The lowest BCUT2D eigenvalue weighted by Crippen LogP contribution is -2.40. The molecule has 0 saturated heterocycles. The lowest BCUT2D eigenvalue weighted by molar-refractivity contribution is -0.0335. The third-order valence-corrected chi connectivity index (χ3v) is 6.18. The highest BCUT2D eigenvalue weighted by Gasteiger charge is 2.41. The maximum atomic E-state index is 12.8. The predicted octanol–water partition coefficient (Wildman–Crippen LogP) is 4.49. The predicted molar refractivity (Wildman–Crippen MR) is 120 cm³/mol. The Hall–Kier alpha value is -3.22. The van der Waals surface area contributed by atoms with Crippen molar-refractivity contribution < 1.29 is 9.90 Å². The number of imidazole rings is 1. The number of nitrogens with zero attached hydrogens (tertiary/aromatic N) is 3. The van der Waals surface area contributed by atoms with E-state index in [1.54, 1.807) is 30.5 Å².